The van der Waals surface area contributed by atoms with Crippen LogP contribution >= 0.6 is 0 Å². The van der Waals surface area contributed by atoms with Crippen LogP contribution in [0.2, 0.25) is 0 Å². The number of nitrogens with one attached hydrogen (secondary N) is 1. The van der Waals surface area contributed by atoms with Crippen LogP contribution < -0.4 is 14.8 Å². The number of para-hydroxylation sites is 1. The summed E-state index contributed by atoms with van der Waals surface area (Å²) >= 11 is 0. The maximum atomic E-state index is 12.3. The molecule has 1 atom stereocenters. The Morgan fingerprint density at radius 3 is 2.35 bits per heavy atom. The van der Waals surface area contributed by atoms with Crippen molar-refractivity contribution >= 4 is 5.91 Å². The van der Waals surface area contributed by atoms with E-state index in [4.69, 9.17) is 9.47 Å². The number of hydrogen-bond donors (Lipinski definition) is 1. The molecule has 4 heteroatoms. The van der Waals surface area contributed by atoms with Gasteiger partial charge in [0.2, 0.25) is 0 Å². The Balaban J connectivity index is 1.92. The molecule has 140 valence electrons. The van der Waals surface area contributed by atoms with Crippen molar-refractivity contribution in [3.8, 4) is 11.5 Å². The van der Waals surface area contributed by atoms with Crippen molar-refractivity contribution in [2.75, 3.05) is 6.61 Å². The first-order valence-electron chi connectivity index (χ1n) is 9.07. The number of hydrogen-bond acceptors (Lipinski definition) is 3. The van der Waals surface area contributed by atoms with E-state index in [1.807, 2.05) is 55.5 Å². The van der Waals surface area contributed by atoms with Gasteiger partial charge in [-0.2, -0.15) is 0 Å². The van der Waals surface area contributed by atoms with Gasteiger partial charge in [-0.3, -0.25) is 4.79 Å². The van der Waals surface area contributed by atoms with Gasteiger partial charge in [0.15, 0.2) is 6.10 Å². The highest BCUT2D eigenvalue weighted by Crippen LogP contribution is 2.24. The van der Waals surface area contributed by atoms with Crippen molar-refractivity contribution in [2.45, 2.75) is 52.7 Å². The molecule has 0 aliphatic heterocycles. The third kappa shape index (κ3) is 5.51. The fraction of sp³-hybridized carbons (Fsp3) is 0.409. The first-order chi connectivity index (χ1) is 12.3. The summed E-state index contributed by atoms with van der Waals surface area (Å²) in [6.45, 7) is 11.2. The minimum absolute atomic E-state index is 0.0927. The van der Waals surface area contributed by atoms with Gasteiger partial charge in [-0.1, -0.05) is 51.1 Å². The van der Waals surface area contributed by atoms with E-state index < -0.39 is 6.10 Å². The molecule has 1 amide bonds. The molecule has 0 saturated carbocycles. The summed E-state index contributed by atoms with van der Waals surface area (Å²) < 4.78 is 11.3. The molecule has 0 fully saturated rings. The maximum absolute atomic E-state index is 12.3. The van der Waals surface area contributed by atoms with Crippen molar-refractivity contribution < 1.29 is 14.3 Å². The monoisotopic (exact) mass is 355 g/mol. The average molecular weight is 355 g/mol. The van der Waals surface area contributed by atoms with E-state index in [2.05, 4.69) is 26.1 Å². The zero-order valence-electron chi connectivity index (χ0n) is 16.3. The molecule has 0 aliphatic rings. The lowest BCUT2D eigenvalue weighted by molar-refractivity contribution is -0.127. The Kier molecular flexibility index (Phi) is 6.67. The van der Waals surface area contributed by atoms with E-state index in [0.29, 0.717) is 18.9 Å². The second-order valence-corrected chi connectivity index (χ2v) is 7.29. The van der Waals surface area contributed by atoms with Gasteiger partial charge in [0, 0.05) is 12.1 Å². The minimum Gasteiger partial charge on any atom is -0.494 e. The Bertz CT molecular complexity index is 717. The van der Waals surface area contributed by atoms with Gasteiger partial charge in [0.1, 0.15) is 11.5 Å². The summed E-state index contributed by atoms with van der Waals surface area (Å²) in [4.78, 5) is 12.3. The number of carbonyl (C=O) groups is 1. The Labute approximate surface area is 156 Å². The number of amides is 1. The van der Waals surface area contributed by atoms with Crippen molar-refractivity contribution in [2.24, 2.45) is 0 Å². The molecule has 2 aromatic carbocycles. The van der Waals surface area contributed by atoms with Crippen LogP contribution in [-0.2, 0) is 16.8 Å². The van der Waals surface area contributed by atoms with Crippen molar-refractivity contribution in [3.63, 3.8) is 0 Å². The molecule has 0 aliphatic carbocycles. The van der Waals surface area contributed by atoms with Crippen LogP contribution in [0.15, 0.2) is 48.5 Å². The first kappa shape index (κ1) is 19.8. The second kappa shape index (κ2) is 8.75. The summed E-state index contributed by atoms with van der Waals surface area (Å²) in [7, 11) is 0. The lowest BCUT2D eigenvalue weighted by Crippen LogP contribution is -2.36. The van der Waals surface area contributed by atoms with E-state index in [0.717, 1.165) is 11.3 Å². The fourth-order valence-corrected chi connectivity index (χ4v) is 2.56. The second-order valence-electron chi connectivity index (χ2n) is 7.29. The molecule has 1 N–H and O–H groups in total. The molecule has 0 spiro atoms. The molecule has 0 heterocycles. The predicted molar refractivity (Wildman–Crippen MR) is 105 cm³/mol. The van der Waals surface area contributed by atoms with Crippen LogP contribution in [0.1, 0.15) is 45.7 Å². The lowest BCUT2D eigenvalue weighted by Gasteiger charge is -2.20. The third-order valence-electron chi connectivity index (χ3n) is 4.13. The number of ether oxygens (including phenoxy) is 2. The molecule has 0 saturated heterocycles. The van der Waals surface area contributed by atoms with E-state index in [1.165, 1.54) is 5.56 Å². The quantitative estimate of drug-likeness (QED) is 0.797. The van der Waals surface area contributed by atoms with E-state index in [-0.39, 0.29) is 11.3 Å². The number of rotatable bonds is 7. The third-order valence-corrected chi connectivity index (χ3v) is 4.13. The van der Waals surface area contributed by atoms with Gasteiger partial charge >= 0.3 is 0 Å². The number of carbonyl (C=O) groups excluding carboxylic acids is 1. The molecule has 2 rings (SSSR count). The molecular weight excluding hydrogens is 326 g/mol. The standard InChI is InChI=1S/C22H29NO3/c1-6-25-20-10-8-7-9-17(20)15-23-21(24)16(2)26-19-13-11-18(12-14-19)22(3,4)5/h7-14,16H,6,15H2,1-5H3,(H,23,24)/t16-/m0/s1. The van der Waals surface area contributed by atoms with Crippen LogP contribution in [-0.4, -0.2) is 18.6 Å². The van der Waals surface area contributed by atoms with Crippen molar-refractivity contribution in [3.05, 3.63) is 59.7 Å². The molecule has 2 aromatic rings. The number of benzene rings is 2. The SMILES string of the molecule is CCOc1ccccc1CNC(=O)[C@H](C)Oc1ccc(C(C)(C)C)cc1. The predicted octanol–water partition coefficient (Wildman–Crippen LogP) is 4.47. The zero-order valence-corrected chi connectivity index (χ0v) is 16.3. The van der Waals surface area contributed by atoms with Crippen LogP contribution in [0.4, 0.5) is 0 Å². The summed E-state index contributed by atoms with van der Waals surface area (Å²) in [6, 6.07) is 15.6. The summed E-state index contributed by atoms with van der Waals surface area (Å²) in [5.41, 5.74) is 2.27. The van der Waals surface area contributed by atoms with Gasteiger partial charge < -0.3 is 14.8 Å². The summed E-state index contributed by atoms with van der Waals surface area (Å²) in [5, 5.41) is 2.91. The maximum Gasteiger partial charge on any atom is 0.261 e. The fourth-order valence-electron chi connectivity index (χ4n) is 2.56. The van der Waals surface area contributed by atoms with Crippen LogP contribution in [0.3, 0.4) is 0 Å². The molecule has 4 nitrogen and oxygen atoms in total. The van der Waals surface area contributed by atoms with Crippen LogP contribution in [0, 0.1) is 0 Å². The average Bonchev–Trinajstić information content (AvgIpc) is 2.60. The molecular formula is C22H29NO3. The van der Waals surface area contributed by atoms with Crippen LogP contribution in [0.25, 0.3) is 0 Å². The van der Waals surface area contributed by atoms with Gasteiger partial charge in [-0.05, 0) is 43.0 Å². The Morgan fingerprint density at radius 1 is 1.08 bits per heavy atom. The molecule has 0 aromatic heterocycles. The van der Waals surface area contributed by atoms with Gasteiger partial charge in [0.05, 0.1) is 6.61 Å². The highest BCUT2D eigenvalue weighted by atomic mass is 16.5. The van der Waals surface area contributed by atoms with Crippen LogP contribution in [0.5, 0.6) is 11.5 Å². The highest BCUT2D eigenvalue weighted by Gasteiger charge is 2.17. The summed E-state index contributed by atoms with van der Waals surface area (Å²) in [5.74, 6) is 1.33. The molecule has 0 radical (unpaired) electrons. The normalized spacial score (nSPS) is 12.3. The van der Waals surface area contributed by atoms with E-state index in [9.17, 15) is 4.79 Å². The topological polar surface area (TPSA) is 47.6 Å². The zero-order chi connectivity index (χ0) is 19.2. The lowest BCUT2D eigenvalue weighted by atomic mass is 9.87. The van der Waals surface area contributed by atoms with Gasteiger partial charge in [0.25, 0.3) is 5.91 Å². The molecule has 26 heavy (non-hydrogen) atoms. The molecule has 0 bridgehead atoms. The van der Waals surface area contributed by atoms with E-state index in [1.54, 1.807) is 6.92 Å². The largest absolute Gasteiger partial charge is 0.494 e. The van der Waals surface area contributed by atoms with Gasteiger partial charge in [-0.25, -0.2) is 0 Å². The van der Waals surface area contributed by atoms with Crippen molar-refractivity contribution in [1.29, 1.82) is 0 Å². The summed E-state index contributed by atoms with van der Waals surface area (Å²) in [6.07, 6.45) is -0.574. The molecule has 0 unspecified atom stereocenters. The highest BCUT2D eigenvalue weighted by molar-refractivity contribution is 5.80. The van der Waals surface area contributed by atoms with Crippen molar-refractivity contribution in [1.82, 2.24) is 5.32 Å². The van der Waals surface area contributed by atoms with E-state index >= 15 is 0 Å². The van der Waals surface area contributed by atoms with Gasteiger partial charge in [-0.15, -0.1) is 0 Å². The Morgan fingerprint density at radius 2 is 1.73 bits per heavy atom. The smallest absolute Gasteiger partial charge is 0.261 e. The first-order valence-corrected chi connectivity index (χ1v) is 9.07. The Hall–Kier alpha value is -2.49. The minimum atomic E-state index is -0.574.